The number of anilines is 1. The van der Waals surface area contributed by atoms with Crippen molar-refractivity contribution in [3.05, 3.63) is 111 Å². The molecule has 0 fully saturated rings. The van der Waals surface area contributed by atoms with Gasteiger partial charge in [-0.05, 0) is 67.3 Å². The number of carbonyl (C=O) groups excluding carboxylic acids is 2. The number of hydrogen-bond acceptors (Lipinski definition) is 7. The molecule has 9 heteroatoms. The van der Waals surface area contributed by atoms with Gasteiger partial charge in [-0.2, -0.15) is 0 Å². The van der Waals surface area contributed by atoms with Crippen LogP contribution in [0.3, 0.4) is 0 Å². The Labute approximate surface area is 232 Å². The minimum Gasteiger partial charge on any atom is -0.466 e. The molecule has 0 unspecified atom stereocenters. The lowest BCUT2D eigenvalue weighted by Crippen LogP contribution is -2.17. The number of ether oxygens (including phenoxy) is 1. The first-order chi connectivity index (χ1) is 19.4. The molecule has 4 rings (SSSR count). The van der Waals surface area contributed by atoms with Crippen LogP contribution in [0.1, 0.15) is 53.5 Å². The number of aromatic nitrogens is 2. The van der Waals surface area contributed by atoms with Crippen molar-refractivity contribution < 1.29 is 19.2 Å². The van der Waals surface area contributed by atoms with E-state index in [1.54, 1.807) is 31.2 Å². The number of nitrogens with one attached hydrogen (secondary N) is 2. The highest BCUT2D eigenvalue weighted by Gasteiger charge is 2.18. The number of aliphatic imine (C=N–C) groups is 1. The van der Waals surface area contributed by atoms with Crippen LogP contribution in [0.25, 0.3) is 5.69 Å². The van der Waals surface area contributed by atoms with Crippen molar-refractivity contribution in [1.82, 2.24) is 9.78 Å². The second-order valence-electron chi connectivity index (χ2n) is 8.92. The van der Waals surface area contributed by atoms with Crippen LogP contribution in [0, 0.1) is 0 Å². The molecular formula is C31H32N4O5. The van der Waals surface area contributed by atoms with Crippen LogP contribution in [0.2, 0.25) is 0 Å². The fourth-order valence-electron chi connectivity index (χ4n) is 4.21. The number of carbonyl (C=O) groups is 2. The summed E-state index contributed by atoms with van der Waals surface area (Å²) >= 11 is 0. The zero-order chi connectivity index (χ0) is 28.5. The number of rotatable bonds is 11. The van der Waals surface area contributed by atoms with Gasteiger partial charge in [-0.3, -0.25) is 19.7 Å². The molecule has 1 aromatic heterocycles. The summed E-state index contributed by atoms with van der Waals surface area (Å²) in [5.41, 5.74) is 7.27. The van der Waals surface area contributed by atoms with Gasteiger partial charge in [0.05, 0.1) is 46.9 Å². The van der Waals surface area contributed by atoms with Crippen molar-refractivity contribution in [2.24, 2.45) is 4.99 Å². The summed E-state index contributed by atoms with van der Waals surface area (Å²) in [6, 6.07) is 21.6. The Balaban J connectivity index is 1.59. The van der Waals surface area contributed by atoms with Gasteiger partial charge in [-0.15, -0.1) is 0 Å². The lowest BCUT2D eigenvalue weighted by atomic mass is 10.1. The Bertz CT molecular complexity index is 1570. The maximum Gasteiger partial charge on any atom is 0.362 e. The van der Waals surface area contributed by atoms with Crippen LogP contribution in [-0.4, -0.2) is 34.5 Å². The summed E-state index contributed by atoms with van der Waals surface area (Å²) in [6.45, 7) is 6.00. The molecule has 0 spiro atoms. The Morgan fingerprint density at radius 1 is 0.925 bits per heavy atom. The molecule has 0 saturated carbocycles. The molecule has 0 atom stereocenters. The summed E-state index contributed by atoms with van der Waals surface area (Å²) in [7, 11) is 0. The highest BCUT2D eigenvalue weighted by molar-refractivity contribution is 5.90. The van der Waals surface area contributed by atoms with E-state index in [9.17, 15) is 14.4 Å². The Morgan fingerprint density at radius 3 is 2.30 bits per heavy atom. The first kappa shape index (κ1) is 28.1. The average Bonchev–Trinajstić information content (AvgIpc) is 3.29. The number of para-hydroxylation sites is 2. The van der Waals surface area contributed by atoms with Crippen LogP contribution >= 0.6 is 0 Å². The molecule has 4 aromatic rings. The van der Waals surface area contributed by atoms with Crippen molar-refractivity contribution in [2.75, 3.05) is 12.1 Å². The highest BCUT2D eigenvalue weighted by atomic mass is 16.7. The Morgan fingerprint density at radius 2 is 1.60 bits per heavy atom. The standard InChI is InChI=1S/C31H32N4O5/c1-4-21-11-7-9-13-26(21)32-20-25-28(19-29(36)39-6-3)33-35(30(25)37)24-17-15-23(16-18-24)31(38)40-34-27-14-10-8-12-22(27)5-2/h7-18,20,33-34H,4-6,19H2,1-3H3. The minimum atomic E-state index is -0.568. The molecule has 40 heavy (non-hydrogen) atoms. The molecular weight excluding hydrogens is 508 g/mol. The molecule has 0 saturated heterocycles. The van der Waals surface area contributed by atoms with E-state index in [1.807, 2.05) is 62.4 Å². The van der Waals surface area contributed by atoms with E-state index >= 15 is 0 Å². The van der Waals surface area contributed by atoms with Gasteiger partial charge in [0.15, 0.2) is 0 Å². The van der Waals surface area contributed by atoms with Gasteiger partial charge < -0.3 is 9.57 Å². The van der Waals surface area contributed by atoms with Gasteiger partial charge >= 0.3 is 11.9 Å². The molecule has 0 aliphatic carbocycles. The van der Waals surface area contributed by atoms with Crippen LogP contribution in [0.4, 0.5) is 11.4 Å². The largest absolute Gasteiger partial charge is 0.466 e. The molecule has 0 radical (unpaired) electrons. The zero-order valence-electron chi connectivity index (χ0n) is 22.8. The molecule has 0 amide bonds. The van der Waals surface area contributed by atoms with Crippen LogP contribution < -0.4 is 11.0 Å². The number of esters is 1. The van der Waals surface area contributed by atoms with Crippen molar-refractivity contribution in [3.63, 3.8) is 0 Å². The van der Waals surface area contributed by atoms with Gasteiger partial charge in [-0.1, -0.05) is 50.2 Å². The quantitative estimate of drug-likeness (QED) is 0.151. The predicted octanol–water partition coefficient (Wildman–Crippen LogP) is 5.33. The summed E-state index contributed by atoms with van der Waals surface area (Å²) in [5, 5.41) is 3.01. The topological polar surface area (TPSA) is 115 Å². The number of benzene rings is 3. The second-order valence-corrected chi connectivity index (χ2v) is 8.92. The summed E-state index contributed by atoms with van der Waals surface area (Å²) < 4.78 is 6.41. The van der Waals surface area contributed by atoms with E-state index in [2.05, 4.69) is 15.6 Å². The van der Waals surface area contributed by atoms with Crippen LogP contribution in [-0.2, 0) is 33.6 Å². The fourth-order valence-corrected chi connectivity index (χ4v) is 4.21. The first-order valence-corrected chi connectivity index (χ1v) is 13.2. The number of nitrogens with zero attached hydrogens (tertiary/aromatic N) is 2. The molecule has 3 aromatic carbocycles. The van der Waals surface area contributed by atoms with E-state index in [0.717, 1.165) is 35.3 Å². The lowest BCUT2D eigenvalue weighted by Gasteiger charge is -2.10. The maximum atomic E-state index is 13.4. The minimum absolute atomic E-state index is 0.123. The molecule has 1 heterocycles. The summed E-state index contributed by atoms with van der Waals surface area (Å²) in [6.07, 6.45) is 2.93. The Kier molecular flexibility index (Phi) is 9.30. The summed E-state index contributed by atoms with van der Waals surface area (Å²) in [5.74, 6) is -1.03. The van der Waals surface area contributed by atoms with E-state index in [0.29, 0.717) is 16.9 Å². The predicted molar refractivity (Wildman–Crippen MR) is 155 cm³/mol. The van der Waals surface area contributed by atoms with Crippen molar-refractivity contribution >= 4 is 29.5 Å². The highest BCUT2D eigenvalue weighted by Crippen LogP contribution is 2.20. The lowest BCUT2D eigenvalue weighted by molar-refractivity contribution is -0.142. The van der Waals surface area contributed by atoms with E-state index in [1.165, 1.54) is 10.9 Å². The van der Waals surface area contributed by atoms with E-state index < -0.39 is 11.9 Å². The third-order valence-corrected chi connectivity index (χ3v) is 6.35. The van der Waals surface area contributed by atoms with E-state index in [-0.39, 0.29) is 24.2 Å². The average molecular weight is 541 g/mol. The Hall–Kier alpha value is -4.92. The van der Waals surface area contributed by atoms with Gasteiger partial charge in [0, 0.05) is 6.21 Å². The number of aromatic amines is 1. The molecule has 0 bridgehead atoms. The third kappa shape index (κ3) is 6.55. The molecule has 9 nitrogen and oxygen atoms in total. The number of H-pyrrole nitrogens is 1. The number of aryl methyl sites for hydroxylation is 2. The van der Waals surface area contributed by atoms with Gasteiger partial charge in [0.2, 0.25) is 0 Å². The fraction of sp³-hybridized carbons (Fsp3) is 0.226. The second kappa shape index (κ2) is 13.2. The van der Waals surface area contributed by atoms with Gasteiger partial charge in [0.1, 0.15) is 0 Å². The van der Waals surface area contributed by atoms with Gasteiger partial charge in [-0.25, -0.2) is 15.0 Å². The van der Waals surface area contributed by atoms with Crippen LogP contribution in [0.5, 0.6) is 0 Å². The maximum absolute atomic E-state index is 13.4. The third-order valence-electron chi connectivity index (χ3n) is 6.35. The first-order valence-electron chi connectivity index (χ1n) is 13.2. The zero-order valence-corrected chi connectivity index (χ0v) is 22.8. The van der Waals surface area contributed by atoms with Crippen LogP contribution in [0.15, 0.2) is 82.6 Å². The van der Waals surface area contributed by atoms with Gasteiger partial charge in [0.25, 0.3) is 5.56 Å². The molecule has 0 aliphatic rings. The smallest absolute Gasteiger partial charge is 0.362 e. The van der Waals surface area contributed by atoms with Crippen molar-refractivity contribution in [2.45, 2.75) is 40.0 Å². The van der Waals surface area contributed by atoms with E-state index in [4.69, 9.17) is 9.57 Å². The monoisotopic (exact) mass is 540 g/mol. The molecule has 2 N–H and O–H groups in total. The molecule has 0 aliphatic heterocycles. The van der Waals surface area contributed by atoms with Crippen molar-refractivity contribution in [1.29, 1.82) is 0 Å². The SMILES string of the molecule is CCOC(=O)Cc1[nH]n(-c2ccc(C(=O)ONc3ccccc3CC)cc2)c(=O)c1C=Nc1ccccc1CC. The molecule has 206 valence electrons. The normalized spacial score (nSPS) is 11.0. The number of hydrogen-bond donors (Lipinski definition) is 2. The summed E-state index contributed by atoms with van der Waals surface area (Å²) in [4.78, 5) is 48.1. The van der Waals surface area contributed by atoms with Crippen molar-refractivity contribution in [3.8, 4) is 5.69 Å².